The van der Waals surface area contributed by atoms with Crippen molar-refractivity contribution in [2.75, 3.05) is 0 Å². The Morgan fingerprint density at radius 1 is 0.821 bits per heavy atom. The molecule has 0 unspecified atom stereocenters. The summed E-state index contributed by atoms with van der Waals surface area (Å²) in [6.07, 6.45) is 0. The van der Waals surface area contributed by atoms with E-state index in [0.29, 0.717) is 21.5 Å². The van der Waals surface area contributed by atoms with Gasteiger partial charge < -0.3 is 4.57 Å². The number of benzene rings is 3. The zero-order chi connectivity index (χ0) is 19.7. The number of rotatable bonds is 3. The highest BCUT2D eigenvalue weighted by molar-refractivity contribution is 7.16. The van der Waals surface area contributed by atoms with E-state index in [1.165, 1.54) is 11.3 Å². The SMILES string of the molecule is Cc1cccc2sc(=NC(=O)c3ccc(C(=O)c4ccccc4)cc3)n(C)c12. The summed E-state index contributed by atoms with van der Waals surface area (Å²) in [5.74, 6) is -0.388. The number of carbonyl (C=O) groups is 2. The molecule has 0 saturated heterocycles. The van der Waals surface area contributed by atoms with Gasteiger partial charge in [-0.25, -0.2) is 0 Å². The molecule has 0 spiro atoms. The first-order chi connectivity index (χ1) is 13.5. The van der Waals surface area contributed by atoms with Gasteiger partial charge in [-0.05, 0) is 30.7 Å². The van der Waals surface area contributed by atoms with Crippen molar-refractivity contribution in [1.82, 2.24) is 4.57 Å². The van der Waals surface area contributed by atoms with E-state index in [9.17, 15) is 9.59 Å². The van der Waals surface area contributed by atoms with Crippen molar-refractivity contribution in [3.63, 3.8) is 0 Å². The number of aromatic nitrogens is 1. The van der Waals surface area contributed by atoms with Gasteiger partial charge in [0.05, 0.1) is 10.2 Å². The number of para-hydroxylation sites is 1. The molecule has 5 heteroatoms. The molecule has 28 heavy (non-hydrogen) atoms. The summed E-state index contributed by atoms with van der Waals surface area (Å²) in [6.45, 7) is 2.04. The first kappa shape index (κ1) is 18.1. The van der Waals surface area contributed by atoms with Gasteiger partial charge in [-0.2, -0.15) is 4.99 Å². The second-order valence-corrected chi connectivity index (χ2v) is 7.56. The molecule has 0 fully saturated rings. The van der Waals surface area contributed by atoms with Crippen LogP contribution in [0.3, 0.4) is 0 Å². The maximum Gasteiger partial charge on any atom is 0.279 e. The normalized spacial score (nSPS) is 11.7. The average Bonchev–Trinajstić information content (AvgIpc) is 3.04. The maximum absolute atomic E-state index is 12.6. The standard InChI is InChI=1S/C23H18N2O2S/c1-15-7-6-10-19-20(15)25(2)23(28-19)24-22(27)18-13-11-17(12-14-18)21(26)16-8-4-3-5-9-16/h3-14H,1-2H3. The largest absolute Gasteiger partial charge is 0.319 e. The molecule has 0 atom stereocenters. The van der Waals surface area contributed by atoms with Crippen LogP contribution < -0.4 is 4.80 Å². The Hall–Kier alpha value is -3.31. The van der Waals surface area contributed by atoms with E-state index in [-0.39, 0.29) is 11.7 Å². The number of carbonyl (C=O) groups excluding carboxylic acids is 2. The molecule has 3 aromatic carbocycles. The second kappa shape index (κ2) is 7.37. The van der Waals surface area contributed by atoms with Crippen LogP contribution in [0.15, 0.2) is 77.8 Å². The minimum Gasteiger partial charge on any atom is -0.319 e. The Balaban J connectivity index is 1.64. The Morgan fingerprint density at radius 3 is 2.14 bits per heavy atom. The summed E-state index contributed by atoms with van der Waals surface area (Å²) >= 11 is 1.49. The van der Waals surface area contributed by atoms with E-state index in [4.69, 9.17) is 0 Å². The lowest BCUT2D eigenvalue weighted by molar-refractivity contribution is 0.0994. The Bertz CT molecular complexity index is 1250. The van der Waals surface area contributed by atoms with Crippen LogP contribution >= 0.6 is 11.3 Å². The van der Waals surface area contributed by atoms with Crippen LogP contribution in [-0.4, -0.2) is 16.3 Å². The Labute approximate surface area is 166 Å². The molecule has 0 aliphatic heterocycles. The van der Waals surface area contributed by atoms with Crippen LogP contribution in [0.25, 0.3) is 10.2 Å². The molecule has 4 rings (SSSR count). The fraction of sp³-hybridized carbons (Fsp3) is 0.0870. The van der Waals surface area contributed by atoms with Gasteiger partial charge in [0.15, 0.2) is 10.6 Å². The minimum atomic E-state index is -0.321. The van der Waals surface area contributed by atoms with Gasteiger partial charge in [0, 0.05) is 23.7 Å². The van der Waals surface area contributed by atoms with Crippen LogP contribution in [0.4, 0.5) is 0 Å². The van der Waals surface area contributed by atoms with Gasteiger partial charge in [-0.1, -0.05) is 65.9 Å². The number of hydrogen-bond donors (Lipinski definition) is 0. The van der Waals surface area contributed by atoms with Gasteiger partial charge in [-0.3, -0.25) is 9.59 Å². The van der Waals surface area contributed by atoms with Crippen molar-refractivity contribution < 1.29 is 9.59 Å². The zero-order valence-electron chi connectivity index (χ0n) is 15.5. The summed E-state index contributed by atoms with van der Waals surface area (Å²) in [7, 11) is 1.92. The van der Waals surface area contributed by atoms with E-state index in [1.807, 2.05) is 54.9 Å². The van der Waals surface area contributed by atoms with E-state index in [0.717, 1.165) is 15.8 Å². The number of hydrogen-bond acceptors (Lipinski definition) is 3. The predicted octanol–water partition coefficient (Wildman–Crippen LogP) is 4.52. The lowest BCUT2D eigenvalue weighted by Gasteiger charge is -2.02. The monoisotopic (exact) mass is 386 g/mol. The molecule has 1 amide bonds. The topological polar surface area (TPSA) is 51.4 Å². The predicted molar refractivity (Wildman–Crippen MR) is 112 cm³/mol. The molecule has 0 radical (unpaired) electrons. The molecule has 0 aliphatic carbocycles. The summed E-state index contributed by atoms with van der Waals surface area (Å²) in [5, 5.41) is 0. The minimum absolute atomic E-state index is 0.0667. The van der Waals surface area contributed by atoms with Gasteiger partial charge in [0.25, 0.3) is 5.91 Å². The fourth-order valence-corrected chi connectivity index (χ4v) is 4.27. The summed E-state index contributed by atoms with van der Waals surface area (Å²) in [5.41, 5.74) is 3.86. The molecule has 1 heterocycles. The van der Waals surface area contributed by atoms with E-state index in [1.54, 1.807) is 36.4 Å². The molecule has 4 aromatic rings. The third-order valence-electron chi connectivity index (χ3n) is 4.65. The van der Waals surface area contributed by atoms with Gasteiger partial charge in [-0.15, -0.1) is 0 Å². The van der Waals surface area contributed by atoms with Crippen molar-refractivity contribution in [1.29, 1.82) is 0 Å². The molecule has 0 bridgehead atoms. The molecule has 138 valence electrons. The van der Waals surface area contributed by atoms with E-state index < -0.39 is 0 Å². The van der Waals surface area contributed by atoms with Crippen LogP contribution in [-0.2, 0) is 7.05 Å². The highest BCUT2D eigenvalue weighted by Gasteiger charge is 2.11. The van der Waals surface area contributed by atoms with Crippen LogP contribution in [0.1, 0.15) is 31.8 Å². The van der Waals surface area contributed by atoms with Gasteiger partial charge >= 0.3 is 0 Å². The van der Waals surface area contributed by atoms with Crippen molar-refractivity contribution in [3.05, 3.63) is 99.9 Å². The summed E-state index contributed by atoms with van der Waals surface area (Å²) in [6, 6.07) is 21.8. The third-order valence-corrected chi connectivity index (χ3v) is 5.75. The maximum atomic E-state index is 12.6. The number of amides is 1. The zero-order valence-corrected chi connectivity index (χ0v) is 16.4. The number of aryl methyl sites for hydroxylation is 2. The van der Waals surface area contributed by atoms with Crippen LogP contribution in [0.2, 0.25) is 0 Å². The van der Waals surface area contributed by atoms with E-state index in [2.05, 4.69) is 4.99 Å². The van der Waals surface area contributed by atoms with Crippen LogP contribution in [0, 0.1) is 6.92 Å². The van der Waals surface area contributed by atoms with Crippen molar-refractivity contribution in [2.45, 2.75) is 6.92 Å². The number of nitrogens with zero attached hydrogens (tertiary/aromatic N) is 2. The Morgan fingerprint density at radius 2 is 1.46 bits per heavy atom. The summed E-state index contributed by atoms with van der Waals surface area (Å²) in [4.78, 5) is 30.1. The number of thiazole rings is 1. The lowest BCUT2D eigenvalue weighted by atomic mass is 10.0. The number of fused-ring (bicyclic) bond motifs is 1. The Kier molecular flexibility index (Phi) is 4.75. The highest BCUT2D eigenvalue weighted by atomic mass is 32.1. The first-order valence-corrected chi connectivity index (χ1v) is 9.70. The first-order valence-electron chi connectivity index (χ1n) is 8.88. The van der Waals surface area contributed by atoms with E-state index >= 15 is 0 Å². The number of ketones is 1. The van der Waals surface area contributed by atoms with Gasteiger partial charge in [0.1, 0.15) is 0 Å². The van der Waals surface area contributed by atoms with Crippen molar-refractivity contribution in [3.8, 4) is 0 Å². The van der Waals surface area contributed by atoms with Gasteiger partial charge in [0.2, 0.25) is 0 Å². The molecule has 1 aromatic heterocycles. The second-order valence-electron chi connectivity index (χ2n) is 6.55. The fourth-order valence-electron chi connectivity index (χ4n) is 3.18. The van der Waals surface area contributed by atoms with Crippen molar-refractivity contribution >= 4 is 33.2 Å². The quantitative estimate of drug-likeness (QED) is 0.486. The molecule has 0 aliphatic rings. The summed E-state index contributed by atoms with van der Waals surface area (Å²) < 4.78 is 3.04. The highest BCUT2D eigenvalue weighted by Crippen LogP contribution is 2.20. The molecular formula is C23H18N2O2S. The smallest absolute Gasteiger partial charge is 0.279 e. The molecule has 4 nitrogen and oxygen atoms in total. The van der Waals surface area contributed by atoms with Crippen LogP contribution in [0.5, 0.6) is 0 Å². The third kappa shape index (κ3) is 3.32. The van der Waals surface area contributed by atoms with Crippen molar-refractivity contribution in [2.24, 2.45) is 12.0 Å². The molecule has 0 N–H and O–H groups in total. The molecular weight excluding hydrogens is 368 g/mol. The lowest BCUT2D eigenvalue weighted by Crippen LogP contribution is -2.13. The average molecular weight is 386 g/mol. The molecule has 0 saturated carbocycles.